The summed E-state index contributed by atoms with van der Waals surface area (Å²) >= 11 is 0. The van der Waals surface area contributed by atoms with Crippen LogP contribution >= 0.6 is 0 Å². The molecule has 1 rings (SSSR count). The summed E-state index contributed by atoms with van der Waals surface area (Å²) in [7, 11) is 0. The van der Waals surface area contributed by atoms with E-state index < -0.39 is 0 Å². The second kappa shape index (κ2) is 6.02. The summed E-state index contributed by atoms with van der Waals surface area (Å²) < 4.78 is 0. The quantitative estimate of drug-likeness (QED) is 0.638. The zero-order chi connectivity index (χ0) is 9.36. The summed E-state index contributed by atoms with van der Waals surface area (Å²) in [4.78, 5) is 0. The van der Waals surface area contributed by atoms with E-state index in [1.54, 1.807) is 0 Å². The highest BCUT2D eigenvalue weighted by molar-refractivity contribution is 5.15. The summed E-state index contributed by atoms with van der Waals surface area (Å²) in [5, 5.41) is 8.28. The maximum Gasteiger partial charge on any atom is 0.0663 e. The number of benzene rings is 1. The lowest BCUT2D eigenvalue weighted by atomic mass is 10.1. The van der Waals surface area contributed by atoms with E-state index in [2.05, 4.69) is 24.3 Å². The van der Waals surface area contributed by atoms with E-state index in [-0.39, 0.29) is 0 Å². The highest BCUT2D eigenvalue weighted by atomic mass is 14.2. The normalized spacial score (nSPS) is 10.1. The fourth-order valence-electron chi connectivity index (χ4n) is 1.15. The summed E-state index contributed by atoms with van der Waals surface area (Å²) in [6, 6.07) is 12.4. The third-order valence-electron chi connectivity index (χ3n) is 1.82. The number of rotatable bonds is 4. The van der Waals surface area contributed by atoms with E-state index in [0.717, 1.165) is 12.8 Å². The van der Waals surface area contributed by atoms with Crippen molar-refractivity contribution in [2.24, 2.45) is 0 Å². The van der Waals surface area contributed by atoms with E-state index in [9.17, 15) is 0 Å². The standard InChI is InChI=1S/C12H13N/c13-11-7-2-1-4-8-12-9-5-3-6-10-12/h1-3,5-6,9-10H,4,7-8H2/b2-1+. The Labute approximate surface area is 79.3 Å². The molecule has 0 aliphatic carbocycles. The molecular weight excluding hydrogens is 158 g/mol. The lowest BCUT2D eigenvalue weighted by Gasteiger charge is -1.95. The SMILES string of the molecule is N#CC/C=C/CCc1ccccc1. The van der Waals surface area contributed by atoms with Crippen molar-refractivity contribution in [3.05, 3.63) is 48.0 Å². The highest BCUT2D eigenvalue weighted by Crippen LogP contribution is 2.02. The molecule has 1 nitrogen and oxygen atoms in total. The minimum atomic E-state index is 0.523. The molecule has 0 atom stereocenters. The van der Waals surface area contributed by atoms with Gasteiger partial charge in [-0.3, -0.25) is 0 Å². The Balaban J connectivity index is 2.25. The Bertz CT molecular complexity index is 293. The van der Waals surface area contributed by atoms with Gasteiger partial charge in [-0.15, -0.1) is 0 Å². The van der Waals surface area contributed by atoms with Crippen molar-refractivity contribution in [2.45, 2.75) is 19.3 Å². The topological polar surface area (TPSA) is 23.8 Å². The average Bonchev–Trinajstić information content (AvgIpc) is 2.19. The van der Waals surface area contributed by atoms with Crippen LogP contribution in [0.1, 0.15) is 18.4 Å². The van der Waals surface area contributed by atoms with Crippen LogP contribution < -0.4 is 0 Å². The predicted octanol–water partition coefficient (Wildman–Crippen LogP) is 3.09. The lowest BCUT2D eigenvalue weighted by Crippen LogP contribution is -1.80. The maximum absolute atomic E-state index is 8.28. The van der Waals surface area contributed by atoms with Gasteiger partial charge in [-0.05, 0) is 18.4 Å². The molecular formula is C12H13N. The molecule has 0 aliphatic heterocycles. The first-order chi connectivity index (χ1) is 6.43. The van der Waals surface area contributed by atoms with Gasteiger partial charge in [0.15, 0.2) is 0 Å². The van der Waals surface area contributed by atoms with Crippen LogP contribution in [0, 0.1) is 11.3 Å². The van der Waals surface area contributed by atoms with Gasteiger partial charge in [0.25, 0.3) is 0 Å². The van der Waals surface area contributed by atoms with E-state index >= 15 is 0 Å². The zero-order valence-corrected chi connectivity index (χ0v) is 7.61. The number of allylic oxidation sites excluding steroid dienone is 2. The minimum absolute atomic E-state index is 0.523. The number of aryl methyl sites for hydroxylation is 1. The Morgan fingerprint density at radius 1 is 1.15 bits per heavy atom. The summed E-state index contributed by atoms with van der Waals surface area (Å²) in [5.41, 5.74) is 1.35. The second-order valence-corrected chi connectivity index (χ2v) is 2.86. The second-order valence-electron chi connectivity index (χ2n) is 2.86. The van der Waals surface area contributed by atoms with Crippen LogP contribution in [0.4, 0.5) is 0 Å². The fraction of sp³-hybridized carbons (Fsp3) is 0.250. The van der Waals surface area contributed by atoms with Crippen LogP contribution in [0.5, 0.6) is 0 Å². The summed E-state index contributed by atoms with van der Waals surface area (Å²) in [5.74, 6) is 0. The molecule has 0 aromatic heterocycles. The van der Waals surface area contributed by atoms with Crippen LogP contribution in [-0.4, -0.2) is 0 Å². The monoisotopic (exact) mass is 171 g/mol. The molecule has 66 valence electrons. The Morgan fingerprint density at radius 2 is 1.92 bits per heavy atom. The van der Waals surface area contributed by atoms with Crippen molar-refractivity contribution >= 4 is 0 Å². The highest BCUT2D eigenvalue weighted by Gasteiger charge is 1.87. The molecule has 0 N–H and O–H groups in total. The Hall–Kier alpha value is -1.55. The fourth-order valence-corrected chi connectivity index (χ4v) is 1.15. The van der Waals surface area contributed by atoms with E-state index in [4.69, 9.17) is 5.26 Å². The molecule has 0 heterocycles. The first-order valence-electron chi connectivity index (χ1n) is 4.49. The largest absolute Gasteiger partial charge is 0.198 e. The van der Waals surface area contributed by atoms with Gasteiger partial charge in [0.05, 0.1) is 12.5 Å². The van der Waals surface area contributed by atoms with Crippen molar-refractivity contribution in [3.63, 3.8) is 0 Å². The van der Waals surface area contributed by atoms with Crippen molar-refractivity contribution in [2.75, 3.05) is 0 Å². The first kappa shape index (κ1) is 9.54. The van der Waals surface area contributed by atoms with Crippen LogP contribution in [0.2, 0.25) is 0 Å². The Morgan fingerprint density at radius 3 is 2.62 bits per heavy atom. The van der Waals surface area contributed by atoms with Crippen LogP contribution in [-0.2, 0) is 6.42 Å². The smallest absolute Gasteiger partial charge is 0.0663 e. The molecule has 0 unspecified atom stereocenters. The van der Waals surface area contributed by atoms with E-state index in [0.29, 0.717) is 6.42 Å². The number of hydrogen-bond acceptors (Lipinski definition) is 1. The van der Waals surface area contributed by atoms with Crippen LogP contribution in [0.3, 0.4) is 0 Å². The van der Waals surface area contributed by atoms with Gasteiger partial charge in [0.1, 0.15) is 0 Å². The van der Waals surface area contributed by atoms with Gasteiger partial charge in [0, 0.05) is 0 Å². The van der Waals surface area contributed by atoms with Gasteiger partial charge < -0.3 is 0 Å². The van der Waals surface area contributed by atoms with E-state index in [1.165, 1.54) is 5.56 Å². The van der Waals surface area contributed by atoms with Crippen molar-refractivity contribution in [3.8, 4) is 6.07 Å². The molecule has 1 aromatic carbocycles. The molecule has 0 fully saturated rings. The molecule has 13 heavy (non-hydrogen) atoms. The molecule has 0 aliphatic rings. The van der Waals surface area contributed by atoms with Gasteiger partial charge in [0.2, 0.25) is 0 Å². The summed E-state index contributed by atoms with van der Waals surface area (Å²) in [6.07, 6.45) is 6.59. The van der Waals surface area contributed by atoms with Crippen molar-refractivity contribution < 1.29 is 0 Å². The molecule has 0 amide bonds. The molecule has 0 radical (unpaired) electrons. The van der Waals surface area contributed by atoms with Gasteiger partial charge in [-0.1, -0.05) is 42.5 Å². The van der Waals surface area contributed by atoms with Gasteiger partial charge in [-0.25, -0.2) is 0 Å². The molecule has 0 saturated heterocycles. The third-order valence-corrected chi connectivity index (χ3v) is 1.82. The molecule has 0 bridgehead atoms. The number of hydrogen-bond donors (Lipinski definition) is 0. The number of nitrogens with zero attached hydrogens (tertiary/aromatic N) is 1. The van der Waals surface area contributed by atoms with Crippen LogP contribution in [0.15, 0.2) is 42.5 Å². The molecule has 0 spiro atoms. The number of nitriles is 1. The van der Waals surface area contributed by atoms with Gasteiger partial charge >= 0.3 is 0 Å². The Kier molecular flexibility index (Phi) is 4.42. The van der Waals surface area contributed by atoms with Crippen LogP contribution in [0.25, 0.3) is 0 Å². The predicted molar refractivity (Wildman–Crippen MR) is 54.1 cm³/mol. The lowest BCUT2D eigenvalue weighted by molar-refractivity contribution is 0.997. The third kappa shape index (κ3) is 4.12. The molecule has 0 saturated carbocycles. The minimum Gasteiger partial charge on any atom is -0.198 e. The first-order valence-corrected chi connectivity index (χ1v) is 4.49. The van der Waals surface area contributed by atoms with Crippen molar-refractivity contribution in [1.82, 2.24) is 0 Å². The summed E-state index contributed by atoms with van der Waals surface area (Å²) in [6.45, 7) is 0. The van der Waals surface area contributed by atoms with Crippen molar-refractivity contribution in [1.29, 1.82) is 5.26 Å². The molecule has 1 heteroatoms. The average molecular weight is 171 g/mol. The van der Waals surface area contributed by atoms with E-state index in [1.807, 2.05) is 24.3 Å². The van der Waals surface area contributed by atoms with Gasteiger partial charge in [-0.2, -0.15) is 5.26 Å². The zero-order valence-electron chi connectivity index (χ0n) is 7.61. The molecule has 1 aromatic rings. The maximum atomic E-state index is 8.28.